The summed E-state index contributed by atoms with van der Waals surface area (Å²) in [5.41, 5.74) is 0.639. The summed E-state index contributed by atoms with van der Waals surface area (Å²) in [6.45, 7) is 1.98. The van der Waals surface area contributed by atoms with Gasteiger partial charge in [-0.3, -0.25) is 9.59 Å². The zero-order valence-corrected chi connectivity index (χ0v) is 6.46. The van der Waals surface area contributed by atoms with Crippen molar-refractivity contribution in [3.8, 4) is 0 Å². The van der Waals surface area contributed by atoms with E-state index in [1.54, 1.807) is 0 Å². The quantitative estimate of drug-likeness (QED) is 0.561. The van der Waals surface area contributed by atoms with Crippen molar-refractivity contribution in [2.75, 3.05) is 0 Å². The summed E-state index contributed by atoms with van der Waals surface area (Å²) < 4.78 is 0. The highest BCUT2D eigenvalue weighted by Gasteiger charge is 2.10. The van der Waals surface area contributed by atoms with E-state index in [4.69, 9.17) is 0 Å². The van der Waals surface area contributed by atoms with Crippen LogP contribution < -0.4 is 0 Å². The van der Waals surface area contributed by atoms with Crippen molar-refractivity contribution >= 4 is 11.6 Å². The molecule has 1 rings (SSSR count). The summed E-state index contributed by atoms with van der Waals surface area (Å²) in [7, 11) is 0. The highest BCUT2D eigenvalue weighted by molar-refractivity contribution is 6.17. The number of hydrogen-bond acceptors (Lipinski definition) is 2. The zero-order valence-electron chi connectivity index (χ0n) is 7.46. The number of hydrogen-bond donors (Lipinski definition) is 0. The SMILES string of the molecule is CCCC1=CC(=O)C=CC1=O.[H+]. The Morgan fingerprint density at radius 2 is 2.09 bits per heavy atom. The summed E-state index contributed by atoms with van der Waals surface area (Å²) in [4.78, 5) is 21.8. The van der Waals surface area contributed by atoms with Crippen LogP contribution in [0, 0.1) is 0 Å². The van der Waals surface area contributed by atoms with E-state index >= 15 is 0 Å². The molecule has 0 amide bonds. The molecule has 0 aliphatic heterocycles. The van der Waals surface area contributed by atoms with Crippen LogP contribution in [0.3, 0.4) is 0 Å². The van der Waals surface area contributed by atoms with Gasteiger partial charge in [-0.25, -0.2) is 0 Å². The van der Waals surface area contributed by atoms with Gasteiger partial charge in [0.2, 0.25) is 0 Å². The van der Waals surface area contributed by atoms with Gasteiger partial charge >= 0.3 is 1.43 Å². The van der Waals surface area contributed by atoms with Gasteiger partial charge in [0.25, 0.3) is 0 Å². The van der Waals surface area contributed by atoms with Gasteiger partial charge in [0.15, 0.2) is 11.6 Å². The third-order valence-corrected chi connectivity index (χ3v) is 1.55. The number of allylic oxidation sites excluding steroid dienone is 4. The van der Waals surface area contributed by atoms with Crippen molar-refractivity contribution in [1.82, 2.24) is 0 Å². The van der Waals surface area contributed by atoms with Crippen LogP contribution in [0.25, 0.3) is 0 Å². The molecular weight excluding hydrogens is 140 g/mol. The van der Waals surface area contributed by atoms with Gasteiger partial charge in [0.1, 0.15) is 0 Å². The van der Waals surface area contributed by atoms with Gasteiger partial charge in [-0.15, -0.1) is 0 Å². The highest BCUT2D eigenvalue weighted by atomic mass is 16.1. The fraction of sp³-hybridized carbons (Fsp3) is 0.333. The third kappa shape index (κ3) is 1.87. The second-order valence-corrected chi connectivity index (χ2v) is 2.52. The first-order valence-electron chi connectivity index (χ1n) is 3.71. The molecule has 0 aromatic carbocycles. The first-order valence-corrected chi connectivity index (χ1v) is 3.71. The molecule has 0 saturated carbocycles. The Labute approximate surface area is 67.1 Å². The van der Waals surface area contributed by atoms with Gasteiger partial charge in [0, 0.05) is 5.57 Å². The molecule has 0 fully saturated rings. The monoisotopic (exact) mass is 151 g/mol. The first-order chi connectivity index (χ1) is 5.24. The Morgan fingerprint density at radius 3 is 2.73 bits per heavy atom. The van der Waals surface area contributed by atoms with E-state index in [1.165, 1.54) is 18.2 Å². The minimum Gasteiger partial charge on any atom is -0.290 e. The van der Waals surface area contributed by atoms with Crippen LogP contribution in [0.1, 0.15) is 21.2 Å². The molecule has 0 atom stereocenters. The molecule has 1 aliphatic carbocycles. The van der Waals surface area contributed by atoms with E-state index in [-0.39, 0.29) is 13.0 Å². The standard InChI is InChI=1S/C9H10O2/c1-2-3-7-6-8(10)4-5-9(7)11/h4-6H,2-3H2,1H3/p+1. The molecule has 58 valence electrons. The molecule has 0 aromatic heterocycles. The maximum Gasteiger partial charge on any atom is 1.00 e. The van der Waals surface area contributed by atoms with E-state index in [0.29, 0.717) is 12.0 Å². The second-order valence-electron chi connectivity index (χ2n) is 2.52. The van der Waals surface area contributed by atoms with Crippen LogP contribution in [0.5, 0.6) is 0 Å². The molecule has 0 aromatic rings. The van der Waals surface area contributed by atoms with Crippen molar-refractivity contribution in [1.29, 1.82) is 0 Å². The number of rotatable bonds is 2. The van der Waals surface area contributed by atoms with Gasteiger partial charge in [-0.05, 0) is 24.6 Å². The Bertz CT molecular complexity index is 251. The minimum atomic E-state index is -0.0759. The molecule has 0 radical (unpaired) electrons. The van der Waals surface area contributed by atoms with Crippen LogP contribution in [0.15, 0.2) is 23.8 Å². The van der Waals surface area contributed by atoms with E-state index in [0.717, 1.165) is 6.42 Å². The topological polar surface area (TPSA) is 34.1 Å². The smallest absolute Gasteiger partial charge is 0.290 e. The molecule has 11 heavy (non-hydrogen) atoms. The largest absolute Gasteiger partial charge is 1.00 e. The fourth-order valence-electron chi connectivity index (χ4n) is 1.02. The van der Waals surface area contributed by atoms with Crippen LogP contribution in [0.2, 0.25) is 0 Å². The van der Waals surface area contributed by atoms with E-state index in [9.17, 15) is 9.59 Å². The molecule has 2 nitrogen and oxygen atoms in total. The minimum absolute atomic E-state index is 0. The highest BCUT2D eigenvalue weighted by Crippen LogP contribution is 2.10. The predicted octanol–water partition coefficient (Wildman–Crippen LogP) is 1.53. The van der Waals surface area contributed by atoms with Gasteiger partial charge < -0.3 is 0 Å². The Hall–Kier alpha value is -1.18. The molecular formula is C9H11O2+. The van der Waals surface area contributed by atoms with E-state index in [1.807, 2.05) is 6.92 Å². The average molecular weight is 151 g/mol. The summed E-state index contributed by atoms with van der Waals surface area (Å²) in [6.07, 6.45) is 5.67. The molecule has 2 heteroatoms. The average Bonchev–Trinajstić information content (AvgIpc) is 1.98. The number of carbonyl (C=O) groups excluding carboxylic acids is 2. The first kappa shape index (κ1) is 7.92. The van der Waals surface area contributed by atoms with Crippen LogP contribution >= 0.6 is 0 Å². The lowest BCUT2D eigenvalue weighted by molar-refractivity contribution is -0.114. The lowest BCUT2D eigenvalue weighted by atomic mass is 10.00. The van der Waals surface area contributed by atoms with Crippen molar-refractivity contribution in [3.63, 3.8) is 0 Å². The van der Waals surface area contributed by atoms with Gasteiger partial charge in [-0.2, -0.15) is 0 Å². The Kier molecular flexibility index (Phi) is 2.36. The van der Waals surface area contributed by atoms with E-state index < -0.39 is 0 Å². The second kappa shape index (κ2) is 3.28. The Balaban J connectivity index is 0.00000121. The number of ketones is 2. The summed E-state index contributed by atoms with van der Waals surface area (Å²) >= 11 is 0. The van der Waals surface area contributed by atoms with Crippen LogP contribution in [-0.2, 0) is 9.59 Å². The lowest BCUT2D eigenvalue weighted by Crippen LogP contribution is -2.06. The zero-order chi connectivity index (χ0) is 8.27. The molecule has 0 bridgehead atoms. The summed E-state index contributed by atoms with van der Waals surface area (Å²) in [5, 5.41) is 0. The van der Waals surface area contributed by atoms with Gasteiger partial charge in [0.05, 0.1) is 0 Å². The normalized spacial score (nSPS) is 17.0. The number of carbonyl (C=O) groups is 2. The van der Waals surface area contributed by atoms with Crippen molar-refractivity contribution in [2.24, 2.45) is 0 Å². The van der Waals surface area contributed by atoms with Crippen LogP contribution in [0.4, 0.5) is 0 Å². The molecule has 0 heterocycles. The van der Waals surface area contributed by atoms with Crippen molar-refractivity contribution in [3.05, 3.63) is 23.8 Å². The fourth-order valence-corrected chi connectivity index (χ4v) is 1.02. The van der Waals surface area contributed by atoms with Gasteiger partial charge in [-0.1, -0.05) is 13.3 Å². The molecule has 0 saturated heterocycles. The maximum atomic E-state index is 11.0. The molecule has 0 spiro atoms. The Morgan fingerprint density at radius 1 is 1.36 bits per heavy atom. The van der Waals surface area contributed by atoms with Crippen LogP contribution in [-0.4, -0.2) is 11.6 Å². The molecule has 1 aliphatic rings. The third-order valence-electron chi connectivity index (χ3n) is 1.55. The van der Waals surface area contributed by atoms with E-state index in [2.05, 4.69) is 0 Å². The lowest BCUT2D eigenvalue weighted by Gasteiger charge is -2.03. The molecule has 0 N–H and O–H groups in total. The van der Waals surface area contributed by atoms with Crippen molar-refractivity contribution in [2.45, 2.75) is 19.8 Å². The maximum absolute atomic E-state index is 11.0. The molecule has 0 unspecified atom stereocenters. The summed E-state index contributed by atoms with van der Waals surface area (Å²) in [6, 6.07) is 0. The predicted molar refractivity (Wildman–Crippen MR) is 43.3 cm³/mol. The van der Waals surface area contributed by atoms with Crippen molar-refractivity contribution < 1.29 is 11.0 Å². The summed E-state index contributed by atoms with van der Waals surface area (Å²) in [5.74, 6) is -0.0977.